The highest BCUT2D eigenvalue weighted by molar-refractivity contribution is 7.99. The molecule has 0 saturated carbocycles. The number of hydrogen-bond acceptors (Lipinski definition) is 4. The van der Waals surface area contributed by atoms with E-state index in [0.717, 1.165) is 50.1 Å². The van der Waals surface area contributed by atoms with E-state index in [4.69, 9.17) is 9.47 Å². The minimum atomic E-state index is 0. The monoisotopic (exact) mass is 377 g/mol. The molecule has 1 unspecified atom stereocenters. The predicted octanol–water partition coefficient (Wildman–Crippen LogP) is 4.68. The zero-order chi connectivity index (χ0) is 16.4. The molecule has 5 heteroatoms. The second-order valence-corrected chi connectivity index (χ2v) is 7.60. The molecule has 2 aliphatic rings. The van der Waals surface area contributed by atoms with Crippen LogP contribution in [0.5, 0.6) is 11.5 Å². The van der Waals surface area contributed by atoms with Gasteiger partial charge in [0.05, 0.1) is 18.5 Å². The standard InChI is InChI=1S/C20H23NO2S.ClH/c1-15-6-7-19-17(14-15)20(16-4-2-3-5-18(16)23-19)24-13-10-21-8-11-22-12-9-21;/h2-7,14,20H,8-13H2,1H3;1H. The van der Waals surface area contributed by atoms with Gasteiger partial charge in [0.1, 0.15) is 11.5 Å². The Balaban J connectivity index is 0.00000182. The third-order valence-corrected chi connectivity index (χ3v) is 5.92. The molecule has 1 saturated heterocycles. The van der Waals surface area contributed by atoms with E-state index in [1.165, 1.54) is 16.7 Å². The molecule has 25 heavy (non-hydrogen) atoms. The van der Waals surface area contributed by atoms with Crippen LogP contribution in [0.1, 0.15) is 21.9 Å². The van der Waals surface area contributed by atoms with Crippen LogP contribution in [0, 0.1) is 6.92 Å². The van der Waals surface area contributed by atoms with Crippen LogP contribution < -0.4 is 4.74 Å². The van der Waals surface area contributed by atoms with Gasteiger partial charge in [-0.1, -0.05) is 35.9 Å². The number of aryl methyl sites for hydroxylation is 1. The van der Waals surface area contributed by atoms with Gasteiger partial charge >= 0.3 is 0 Å². The van der Waals surface area contributed by atoms with Crippen LogP contribution in [-0.4, -0.2) is 43.5 Å². The number of ether oxygens (including phenoxy) is 2. The quantitative estimate of drug-likeness (QED) is 0.771. The Labute approximate surface area is 160 Å². The molecule has 4 rings (SSSR count). The third kappa shape index (κ3) is 4.14. The van der Waals surface area contributed by atoms with E-state index in [-0.39, 0.29) is 12.4 Å². The van der Waals surface area contributed by atoms with Crippen molar-refractivity contribution in [3.63, 3.8) is 0 Å². The number of hydrogen-bond donors (Lipinski definition) is 0. The topological polar surface area (TPSA) is 21.7 Å². The van der Waals surface area contributed by atoms with Gasteiger partial charge in [0.15, 0.2) is 0 Å². The highest BCUT2D eigenvalue weighted by atomic mass is 35.5. The summed E-state index contributed by atoms with van der Waals surface area (Å²) in [7, 11) is 0. The Bertz CT molecular complexity index is 719. The summed E-state index contributed by atoms with van der Waals surface area (Å²) in [5.74, 6) is 3.12. The van der Waals surface area contributed by atoms with Gasteiger partial charge in [-0.25, -0.2) is 0 Å². The molecule has 2 aliphatic heterocycles. The van der Waals surface area contributed by atoms with E-state index in [1.807, 2.05) is 17.8 Å². The molecule has 2 heterocycles. The van der Waals surface area contributed by atoms with Crippen molar-refractivity contribution in [1.29, 1.82) is 0 Å². The molecule has 0 aromatic heterocycles. The van der Waals surface area contributed by atoms with Gasteiger partial charge in [-0.3, -0.25) is 4.90 Å². The minimum Gasteiger partial charge on any atom is -0.457 e. The van der Waals surface area contributed by atoms with E-state index in [1.54, 1.807) is 0 Å². The summed E-state index contributed by atoms with van der Waals surface area (Å²) in [6.07, 6.45) is 0. The number of benzene rings is 2. The lowest BCUT2D eigenvalue weighted by Gasteiger charge is -2.30. The van der Waals surface area contributed by atoms with Crippen molar-refractivity contribution in [2.24, 2.45) is 0 Å². The molecule has 0 N–H and O–H groups in total. The Hall–Kier alpha value is -1.20. The lowest BCUT2D eigenvalue weighted by molar-refractivity contribution is 0.0410. The smallest absolute Gasteiger partial charge is 0.132 e. The molecule has 0 bridgehead atoms. The van der Waals surface area contributed by atoms with Gasteiger partial charge in [0.25, 0.3) is 0 Å². The molecular weight excluding hydrogens is 354 g/mol. The Kier molecular flexibility index (Phi) is 6.29. The van der Waals surface area contributed by atoms with Crippen molar-refractivity contribution in [2.45, 2.75) is 12.2 Å². The van der Waals surface area contributed by atoms with Crippen LogP contribution in [0.3, 0.4) is 0 Å². The van der Waals surface area contributed by atoms with Crippen LogP contribution in [0.25, 0.3) is 0 Å². The summed E-state index contributed by atoms with van der Waals surface area (Å²) in [4.78, 5) is 2.50. The molecule has 2 aromatic rings. The number of para-hydroxylation sites is 1. The van der Waals surface area contributed by atoms with Gasteiger partial charge in [-0.2, -0.15) is 0 Å². The van der Waals surface area contributed by atoms with Crippen molar-refractivity contribution in [2.75, 3.05) is 38.6 Å². The number of nitrogens with zero attached hydrogens (tertiary/aromatic N) is 1. The fourth-order valence-electron chi connectivity index (χ4n) is 3.35. The summed E-state index contributed by atoms with van der Waals surface area (Å²) in [6, 6.07) is 14.9. The Morgan fingerprint density at radius 2 is 1.80 bits per heavy atom. The zero-order valence-electron chi connectivity index (χ0n) is 14.4. The van der Waals surface area contributed by atoms with Crippen LogP contribution in [0.4, 0.5) is 0 Å². The van der Waals surface area contributed by atoms with Crippen molar-refractivity contribution >= 4 is 24.2 Å². The molecule has 1 fully saturated rings. The van der Waals surface area contributed by atoms with E-state index in [0.29, 0.717) is 5.25 Å². The molecule has 1 atom stereocenters. The first-order valence-electron chi connectivity index (χ1n) is 8.60. The molecule has 0 aliphatic carbocycles. The second kappa shape index (κ2) is 8.45. The van der Waals surface area contributed by atoms with E-state index >= 15 is 0 Å². The third-order valence-electron chi connectivity index (χ3n) is 4.66. The maximum atomic E-state index is 6.12. The van der Waals surface area contributed by atoms with Gasteiger partial charge in [0, 0.05) is 36.5 Å². The summed E-state index contributed by atoms with van der Waals surface area (Å²) < 4.78 is 11.6. The average molecular weight is 378 g/mol. The second-order valence-electron chi connectivity index (χ2n) is 6.39. The molecule has 0 spiro atoms. The van der Waals surface area contributed by atoms with Gasteiger partial charge < -0.3 is 9.47 Å². The van der Waals surface area contributed by atoms with Crippen LogP contribution in [-0.2, 0) is 4.74 Å². The number of halogens is 1. The SMILES string of the molecule is Cc1ccc2c(c1)C(SCCN1CCOCC1)c1ccccc1O2.Cl. The summed E-state index contributed by atoms with van der Waals surface area (Å²) in [5.41, 5.74) is 3.89. The lowest BCUT2D eigenvalue weighted by atomic mass is 9.98. The van der Waals surface area contributed by atoms with Gasteiger partial charge in [0.2, 0.25) is 0 Å². The number of fused-ring (bicyclic) bond motifs is 2. The van der Waals surface area contributed by atoms with Crippen molar-refractivity contribution in [1.82, 2.24) is 4.90 Å². The number of morpholine rings is 1. The number of rotatable bonds is 4. The van der Waals surface area contributed by atoms with Crippen molar-refractivity contribution in [3.8, 4) is 11.5 Å². The largest absolute Gasteiger partial charge is 0.457 e. The van der Waals surface area contributed by atoms with Crippen LogP contribution in [0.15, 0.2) is 42.5 Å². The maximum absolute atomic E-state index is 6.12. The molecular formula is C20H24ClNO2S. The fraction of sp³-hybridized carbons (Fsp3) is 0.400. The molecule has 3 nitrogen and oxygen atoms in total. The molecule has 134 valence electrons. The Morgan fingerprint density at radius 3 is 2.64 bits per heavy atom. The first-order chi connectivity index (χ1) is 11.8. The first-order valence-corrected chi connectivity index (χ1v) is 9.65. The minimum absolute atomic E-state index is 0. The molecule has 0 amide bonds. The van der Waals surface area contributed by atoms with Gasteiger partial charge in [-0.05, 0) is 19.1 Å². The predicted molar refractivity (Wildman–Crippen MR) is 107 cm³/mol. The van der Waals surface area contributed by atoms with Gasteiger partial charge in [-0.15, -0.1) is 24.2 Å². The van der Waals surface area contributed by atoms with E-state index in [9.17, 15) is 0 Å². The van der Waals surface area contributed by atoms with Crippen molar-refractivity contribution < 1.29 is 9.47 Å². The normalized spacial score (nSPS) is 19.3. The van der Waals surface area contributed by atoms with Crippen LogP contribution in [0.2, 0.25) is 0 Å². The maximum Gasteiger partial charge on any atom is 0.132 e. The first kappa shape index (κ1) is 18.6. The highest BCUT2D eigenvalue weighted by Gasteiger charge is 2.27. The average Bonchev–Trinajstić information content (AvgIpc) is 2.62. The highest BCUT2D eigenvalue weighted by Crippen LogP contribution is 2.49. The zero-order valence-corrected chi connectivity index (χ0v) is 16.1. The fourth-order valence-corrected chi connectivity index (χ4v) is 4.68. The van der Waals surface area contributed by atoms with E-state index in [2.05, 4.69) is 48.2 Å². The summed E-state index contributed by atoms with van der Waals surface area (Å²) in [5, 5.41) is 0.353. The van der Waals surface area contributed by atoms with E-state index < -0.39 is 0 Å². The Morgan fingerprint density at radius 1 is 1.04 bits per heavy atom. The molecule has 0 radical (unpaired) electrons. The number of thioether (sulfide) groups is 1. The summed E-state index contributed by atoms with van der Waals surface area (Å²) in [6.45, 7) is 7.12. The van der Waals surface area contributed by atoms with Crippen molar-refractivity contribution in [3.05, 3.63) is 59.2 Å². The lowest BCUT2D eigenvalue weighted by Crippen LogP contribution is -2.37. The summed E-state index contributed by atoms with van der Waals surface area (Å²) >= 11 is 2.02. The van der Waals surface area contributed by atoms with Crippen LogP contribution >= 0.6 is 24.2 Å². The molecule has 2 aromatic carbocycles.